The summed E-state index contributed by atoms with van der Waals surface area (Å²) >= 11 is 0. The Morgan fingerprint density at radius 3 is 3.20 bits per heavy atom. The van der Waals surface area contributed by atoms with Crippen LogP contribution in [-0.2, 0) is 11.3 Å². The van der Waals surface area contributed by atoms with E-state index in [1.54, 1.807) is 12.5 Å². The van der Waals surface area contributed by atoms with Crippen LogP contribution in [0.4, 0.5) is 0 Å². The molecule has 0 aromatic carbocycles. The molecule has 0 saturated heterocycles. The van der Waals surface area contributed by atoms with E-state index in [0.717, 1.165) is 5.76 Å². The van der Waals surface area contributed by atoms with Gasteiger partial charge < -0.3 is 9.15 Å². The van der Waals surface area contributed by atoms with Crippen LogP contribution in [0.1, 0.15) is 12.7 Å². The molecule has 0 unspecified atom stereocenters. The maximum atomic E-state index is 5.05. The molecule has 2 heteroatoms. The largest absolute Gasteiger partial charge is 0.494 e. The van der Waals surface area contributed by atoms with Crippen LogP contribution in [0.3, 0.4) is 0 Å². The minimum absolute atomic E-state index is 0.511. The van der Waals surface area contributed by atoms with Crippen molar-refractivity contribution in [3.8, 4) is 0 Å². The third kappa shape index (κ3) is 1.97. The number of allylic oxidation sites excluding steroid dienone is 1. The lowest BCUT2D eigenvalue weighted by atomic mass is 10.5. The molecule has 0 spiro atoms. The van der Waals surface area contributed by atoms with Crippen LogP contribution in [0.15, 0.2) is 35.2 Å². The predicted molar refractivity (Wildman–Crippen MR) is 38.3 cm³/mol. The van der Waals surface area contributed by atoms with E-state index in [1.165, 1.54) is 0 Å². The van der Waals surface area contributed by atoms with E-state index < -0.39 is 0 Å². The molecule has 0 amide bonds. The third-order valence-corrected chi connectivity index (χ3v) is 1.04. The molecule has 2 nitrogen and oxygen atoms in total. The number of hydrogen-bond acceptors (Lipinski definition) is 2. The predicted octanol–water partition coefficient (Wildman–Crippen LogP) is 2.33. The summed E-state index contributed by atoms with van der Waals surface area (Å²) in [6.07, 6.45) is 5.11. The van der Waals surface area contributed by atoms with Crippen molar-refractivity contribution < 1.29 is 9.15 Å². The van der Waals surface area contributed by atoms with Gasteiger partial charge in [-0.2, -0.15) is 0 Å². The van der Waals surface area contributed by atoms with E-state index >= 15 is 0 Å². The summed E-state index contributed by atoms with van der Waals surface area (Å²) in [5.74, 6) is 0.845. The number of hydrogen-bond donors (Lipinski definition) is 0. The van der Waals surface area contributed by atoms with Gasteiger partial charge in [0.2, 0.25) is 0 Å². The number of rotatable bonds is 3. The molecule has 10 heavy (non-hydrogen) atoms. The fraction of sp³-hybridized carbons (Fsp3) is 0.250. The molecule has 1 aromatic rings. The minimum Gasteiger partial charge on any atom is -0.494 e. The second-order valence-electron chi connectivity index (χ2n) is 1.86. The van der Waals surface area contributed by atoms with Crippen LogP contribution in [0, 0.1) is 0 Å². The maximum absolute atomic E-state index is 5.05. The van der Waals surface area contributed by atoms with Gasteiger partial charge in [0.15, 0.2) is 0 Å². The second kappa shape index (κ2) is 3.77. The average molecular weight is 138 g/mol. The van der Waals surface area contributed by atoms with Crippen molar-refractivity contribution in [1.82, 2.24) is 0 Å². The van der Waals surface area contributed by atoms with Crippen molar-refractivity contribution in [2.45, 2.75) is 13.5 Å². The maximum Gasteiger partial charge on any atom is 0.145 e. The van der Waals surface area contributed by atoms with Crippen LogP contribution in [0.25, 0.3) is 0 Å². The Morgan fingerprint density at radius 1 is 1.70 bits per heavy atom. The molecule has 1 rings (SSSR count). The zero-order valence-corrected chi connectivity index (χ0v) is 5.91. The van der Waals surface area contributed by atoms with Gasteiger partial charge in [-0.3, -0.25) is 0 Å². The SMILES string of the molecule is CC=COCc1ccco1. The molecule has 0 atom stereocenters. The van der Waals surface area contributed by atoms with Crippen LogP contribution >= 0.6 is 0 Å². The highest BCUT2D eigenvalue weighted by Gasteiger charge is 1.90. The summed E-state index contributed by atoms with van der Waals surface area (Å²) in [5.41, 5.74) is 0. The van der Waals surface area contributed by atoms with Gasteiger partial charge >= 0.3 is 0 Å². The number of furan rings is 1. The van der Waals surface area contributed by atoms with Crippen LogP contribution in [0.5, 0.6) is 0 Å². The Morgan fingerprint density at radius 2 is 2.60 bits per heavy atom. The first kappa shape index (κ1) is 6.93. The van der Waals surface area contributed by atoms with E-state index in [0.29, 0.717) is 6.61 Å². The van der Waals surface area contributed by atoms with E-state index in [1.807, 2.05) is 25.1 Å². The fourth-order valence-electron chi connectivity index (χ4n) is 0.621. The Hall–Kier alpha value is -1.18. The van der Waals surface area contributed by atoms with Crippen molar-refractivity contribution in [3.63, 3.8) is 0 Å². The smallest absolute Gasteiger partial charge is 0.145 e. The van der Waals surface area contributed by atoms with Gasteiger partial charge in [-0.15, -0.1) is 0 Å². The second-order valence-corrected chi connectivity index (χ2v) is 1.86. The fourth-order valence-corrected chi connectivity index (χ4v) is 0.621. The Balaban J connectivity index is 2.28. The Bertz CT molecular complexity index is 187. The van der Waals surface area contributed by atoms with Crippen LogP contribution in [-0.4, -0.2) is 0 Å². The zero-order chi connectivity index (χ0) is 7.23. The molecular formula is C8H10O2. The van der Waals surface area contributed by atoms with Crippen LogP contribution in [0.2, 0.25) is 0 Å². The van der Waals surface area contributed by atoms with Crippen molar-refractivity contribution in [2.24, 2.45) is 0 Å². The Labute approximate surface area is 60.1 Å². The summed E-state index contributed by atoms with van der Waals surface area (Å²) in [4.78, 5) is 0. The minimum atomic E-state index is 0.511. The van der Waals surface area contributed by atoms with Crippen molar-refractivity contribution in [3.05, 3.63) is 36.5 Å². The Kier molecular flexibility index (Phi) is 2.62. The summed E-state index contributed by atoms with van der Waals surface area (Å²) < 4.78 is 10.1. The molecular weight excluding hydrogens is 128 g/mol. The lowest BCUT2D eigenvalue weighted by molar-refractivity contribution is 0.209. The summed E-state index contributed by atoms with van der Waals surface area (Å²) in [6, 6.07) is 3.72. The first-order chi connectivity index (χ1) is 4.93. The molecule has 0 aliphatic rings. The van der Waals surface area contributed by atoms with Gasteiger partial charge in [-0.1, -0.05) is 6.08 Å². The lowest BCUT2D eigenvalue weighted by Crippen LogP contribution is -1.80. The quantitative estimate of drug-likeness (QED) is 0.598. The van der Waals surface area contributed by atoms with E-state index in [-0.39, 0.29) is 0 Å². The summed E-state index contributed by atoms with van der Waals surface area (Å²) in [5, 5.41) is 0. The van der Waals surface area contributed by atoms with Gasteiger partial charge in [0.05, 0.1) is 12.5 Å². The van der Waals surface area contributed by atoms with E-state index in [9.17, 15) is 0 Å². The highest BCUT2D eigenvalue weighted by molar-refractivity contribution is 4.96. The molecule has 1 heterocycles. The van der Waals surface area contributed by atoms with Gasteiger partial charge in [0.1, 0.15) is 12.4 Å². The first-order valence-electron chi connectivity index (χ1n) is 3.18. The van der Waals surface area contributed by atoms with E-state index in [2.05, 4.69) is 0 Å². The van der Waals surface area contributed by atoms with E-state index in [4.69, 9.17) is 9.15 Å². The topological polar surface area (TPSA) is 22.4 Å². The first-order valence-corrected chi connectivity index (χ1v) is 3.18. The van der Waals surface area contributed by atoms with Gasteiger partial charge in [0.25, 0.3) is 0 Å². The van der Waals surface area contributed by atoms with Crippen LogP contribution < -0.4 is 0 Å². The summed E-state index contributed by atoms with van der Waals surface area (Å²) in [7, 11) is 0. The summed E-state index contributed by atoms with van der Waals surface area (Å²) in [6.45, 7) is 2.42. The van der Waals surface area contributed by atoms with Gasteiger partial charge in [-0.25, -0.2) is 0 Å². The molecule has 0 aliphatic heterocycles. The molecule has 0 fully saturated rings. The molecule has 0 aliphatic carbocycles. The highest BCUT2D eigenvalue weighted by atomic mass is 16.5. The lowest BCUT2D eigenvalue weighted by Gasteiger charge is -1.93. The van der Waals surface area contributed by atoms with Gasteiger partial charge in [-0.05, 0) is 19.1 Å². The van der Waals surface area contributed by atoms with Gasteiger partial charge in [0, 0.05) is 0 Å². The number of ether oxygens (including phenoxy) is 1. The molecule has 0 radical (unpaired) electrons. The van der Waals surface area contributed by atoms with Crippen molar-refractivity contribution in [2.75, 3.05) is 0 Å². The molecule has 0 bridgehead atoms. The highest BCUT2D eigenvalue weighted by Crippen LogP contribution is 2.01. The standard InChI is InChI=1S/C8H10O2/c1-2-5-9-7-8-4-3-6-10-8/h2-6H,7H2,1H3. The molecule has 54 valence electrons. The normalized spacial score (nSPS) is 10.5. The van der Waals surface area contributed by atoms with Crippen molar-refractivity contribution >= 4 is 0 Å². The average Bonchev–Trinajstić information content (AvgIpc) is 2.41. The molecule has 0 N–H and O–H groups in total. The monoisotopic (exact) mass is 138 g/mol. The van der Waals surface area contributed by atoms with Crippen molar-refractivity contribution in [1.29, 1.82) is 0 Å². The zero-order valence-electron chi connectivity index (χ0n) is 5.91. The molecule has 1 aromatic heterocycles. The molecule has 0 saturated carbocycles. The third-order valence-electron chi connectivity index (χ3n) is 1.04.